The monoisotopic (exact) mass is 249 g/mol. The van der Waals surface area contributed by atoms with E-state index in [1.54, 1.807) is 11.3 Å². The van der Waals surface area contributed by atoms with Crippen molar-refractivity contribution in [3.05, 3.63) is 40.3 Å². The zero-order valence-corrected chi connectivity index (χ0v) is 11.4. The summed E-state index contributed by atoms with van der Waals surface area (Å²) in [6.45, 7) is 7.41. The van der Waals surface area contributed by atoms with Gasteiger partial charge in [0.25, 0.3) is 0 Å². The molecule has 1 unspecified atom stereocenters. The molecule has 4 heteroatoms. The number of hydrogen-bond acceptors (Lipinski definition) is 3. The third-order valence-corrected chi connectivity index (χ3v) is 4.00. The Morgan fingerprint density at radius 2 is 2.24 bits per heavy atom. The van der Waals surface area contributed by atoms with Crippen molar-refractivity contribution in [2.75, 3.05) is 0 Å². The fraction of sp³-hybridized carbons (Fsp3) is 0.462. The highest BCUT2D eigenvalue weighted by molar-refractivity contribution is 7.10. The maximum absolute atomic E-state index is 4.31. The Hall–Kier alpha value is -1.13. The third-order valence-electron chi connectivity index (χ3n) is 2.95. The largest absolute Gasteiger partial charge is 0.303 e. The molecule has 2 aromatic heterocycles. The average Bonchev–Trinajstić information content (AvgIpc) is 3.00. The topological polar surface area (TPSA) is 29.9 Å². The Morgan fingerprint density at radius 3 is 2.82 bits per heavy atom. The highest BCUT2D eigenvalue weighted by Crippen LogP contribution is 2.22. The van der Waals surface area contributed by atoms with E-state index in [1.807, 2.05) is 10.9 Å². The number of aryl methyl sites for hydroxylation is 1. The molecule has 0 aromatic carbocycles. The van der Waals surface area contributed by atoms with E-state index >= 15 is 0 Å². The summed E-state index contributed by atoms with van der Waals surface area (Å²) in [6.07, 6.45) is 4.06. The van der Waals surface area contributed by atoms with Crippen molar-refractivity contribution >= 4 is 11.3 Å². The van der Waals surface area contributed by atoms with Crippen LogP contribution in [0.2, 0.25) is 0 Å². The van der Waals surface area contributed by atoms with E-state index in [9.17, 15) is 0 Å². The number of nitrogens with zero attached hydrogens (tertiary/aromatic N) is 2. The van der Waals surface area contributed by atoms with Crippen LogP contribution in [0.4, 0.5) is 0 Å². The first-order valence-corrected chi connectivity index (χ1v) is 6.90. The van der Waals surface area contributed by atoms with Crippen molar-refractivity contribution in [1.29, 1.82) is 0 Å². The summed E-state index contributed by atoms with van der Waals surface area (Å²) in [5, 5.41) is 10.0. The molecule has 2 rings (SSSR count). The van der Waals surface area contributed by atoms with Gasteiger partial charge in [-0.25, -0.2) is 0 Å². The van der Waals surface area contributed by atoms with Crippen LogP contribution in [-0.2, 0) is 6.54 Å². The Bertz CT molecular complexity index is 447. The summed E-state index contributed by atoms with van der Waals surface area (Å²) >= 11 is 1.79. The molecule has 1 N–H and O–H groups in total. The van der Waals surface area contributed by atoms with Crippen LogP contribution in [0.5, 0.6) is 0 Å². The van der Waals surface area contributed by atoms with Gasteiger partial charge >= 0.3 is 0 Å². The lowest BCUT2D eigenvalue weighted by Gasteiger charge is -2.17. The minimum Gasteiger partial charge on any atom is -0.303 e. The molecule has 0 saturated carbocycles. The number of rotatable bonds is 5. The van der Waals surface area contributed by atoms with Crippen LogP contribution >= 0.6 is 11.3 Å². The summed E-state index contributed by atoms with van der Waals surface area (Å²) in [6, 6.07) is 4.98. The molecule has 2 aromatic rings. The van der Waals surface area contributed by atoms with Gasteiger partial charge in [0.15, 0.2) is 0 Å². The van der Waals surface area contributed by atoms with Crippen molar-refractivity contribution in [3.63, 3.8) is 0 Å². The zero-order valence-electron chi connectivity index (χ0n) is 10.6. The van der Waals surface area contributed by atoms with E-state index in [1.165, 1.54) is 10.4 Å². The smallest absolute Gasteiger partial charge is 0.0537 e. The van der Waals surface area contributed by atoms with E-state index in [2.05, 4.69) is 54.9 Å². The van der Waals surface area contributed by atoms with Crippen molar-refractivity contribution in [2.24, 2.45) is 0 Å². The van der Waals surface area contributed by atoms with Crippen LogP contribution in [-0.4, -0.2) is 9.78 Å². The normalized spacial score (nSPS) is 14.8. The SMILES string of the molecule is CCn1cc(C(C)N[C@H](C)c2cccs2)cn1. The second-order valence-electron chi connectivity index (χ2n) is 4.25. The minimum absolute atomic E-state index is 0.326. The molecule has 92 valence electrons. The first kappa shape index (κ1) is 12.3. The van der Waals surface area contributed by atoms with Gasteiger partial charge in [-0.3, -0.25) is 4.68 Å². The van der Waals surface area contributed by atoms with E-state index in [-0.39, 0.29) is 0 Å². The standard InChI is InChI=1S/C13H19N3S/c1-4-16-9-12(8-14-16)10(2)15-11(3)13-6-5-7-17-13/h5-11,15H,4H2,1-3H3/t10?,11-/m1/s1. The highest BCUT2D eigenvalue weighted by atomic mass is 32.1. The maximum Gasteiger partial charge on any atom is 0.0537 e. The van der Waals surface area contributed by atoms with Gasteiger partial charge in [-0.05, 0) is 32.2 Å². The van der Waals surface area contributed by atoms with Gasteiger partial charge in [0.2, 0.25) is 0 Å². The Labute approximate surface area is 106 Å². The maximum atomic E-state index is 4.31. The quantitative estimate of drug-likeness (QED) is 0.880. The number of hydrogen-bond donors (Lipinski definition) is 1. The van der Waals surface area contributed by atoms with Crippen molar-refractivity contribution < 1.29 is 0 Å². The van der Waals surface area contributed by atoms with Gasteiger partial charge in [-0.1, -0.05) is 6.07 Å². The molecule has 3 nitrogen and oxygen atoms in total. The number of nitrogens with one attached hydrogen (secondary N) is 1. The van der Waals surface area contributed by atoms with E-state index < -0.39 is 0 Å². The number of thiophene rings is 1. The lowest BCUT2D eigenvalue weighted by molar-refractivity contribution is 0.499. The molecule has 0 fully saturated rings. The van der Waals surface area contributed by atoms with Crippen LogP contribution in [0.1, 0.15) is 43.3 Å². The van der Waals surface area contributed by atoms with E-state index in [4.69, 9.17) is 0 Å². The van der Waals surface area contributed by atoms with E-state index in [0.717, 1.165) is 6.54 Å². The highest BCUT2D eigenvalue weighted by Gasteiger charge is 2.12. The van der Waals surface area contributed by atoms with Gasteiger partial charge in [-0.2, -0.15) is 5.10 Å². The predicted octanol–water partition coefficient (Wildman–Crippen LogP) is 3.38. The van der Waals surface area contributed by atoms with Crippen LogP contribution in [0.3, 0.4) is 0 Å². The number of aromatic nitrogens is 2. The van der Waals surface area contributed by atoms with Crippen LogP contribution < -0.4 is 5.32 Å². The molecule has 2 heterocycles. The van der Waals surface area contributed by atoms with E-state index in [0.29, 0.717) is 12.1 Å². The van der Waals surface area contributed by atoms with Crippen molar-refractivity contribution in [3.8, 4) is 0 Å². The van der Waals surface area contributed by atoms with Crippen LogP contribution in [0.25, 0.3) is 0 Å². The molecular formula is C13H19N3S. The Morgan fingerprint density at radius 1 is 1.41 bits per heavy atom. The van der Waals surface area contributed by atoms with Crippen molar-refractivity contribution in [1.82, 2.24) is 15.1 Å². The lowest BCUT2D eigenvalue weighted by atomic mass is 10.1. The Kier molecular flexibility index (Phi) is 3.97. The predicted molar refractivity (Wildman–Crippen MR) is 72.2 cm³/mol. The van der Waals surface area contributed by atoms with Gasteiger partial charge in [0.1, 0.15) is 0 Å². The Balaban J connectivity index is 1.99. The van der Waals surface area contributed by atoms with Crippen LogP contribution in [0, 0.1) is 0 Å². The first-order chi connectivity index (χ1) is 8.20. The molecule has 0 bridgehead atoms. The molecule has 0 aliphatic heterocycles. The molecular weight excluding hydrogens is 230 g/mol. The third kappa shape index (κ3) is 2.96. The summed E-state index contributed by atoms with van der Waals surface area (Å²) in [4.78, 5) is 1.37. The summed E-state index contributed by atoms with van der Waals surface area (Å²) in [5.74, 6) is 0. The summed E-state index contributed by atoms with van der Waals surface area (Å²) in [7, 11) is 0. The lowest BCUT2D eigenvalue weighted by Crippen LogP contribution is -2.21. The molecule has 2 atom stereocenters. The van der Waals surface area contributed by atoms with Gasteiger partial charge in [-0.15, -0.1) is 11.3 Å². The molecule has 17 heavy (non-hydrogen) atoms. The van der Waals surface area contributed by atoms with Gasteiger partial charge in [0, 0.05) is 35.3 Å². The molecule has 0 radical (unpaired) electrons. The second kappa shape index (κ2) is 5.47. The second-order valence-corrected chi connectivity index (χ2v) is 5.23. The molecule has 0 spiro atoms. The van der Waals surface area contributed by atoms with Gasteiger partial charge in [0.05, 0.1) is 6.20 Å². The van der Waals surface area contributed by atoms with Gasteiger partial charge < -0.3 is 5.32 Å². The van der Waals surface area contributed by atoms with Crippen molar-refractivity contribution in [2.45, 2.75) is 39.4 Å². The molecule has 0 amide bonds. The molecule has 0 aliphatic carbocycles. The fourth-order valence-electron chi connectivity index (χ4n) is 1.87. The molecule has 0 saturated heterocycles. The molecule has 0 aliphatic rings. The zero-order chi connectivity index (χ0) is 12.3. The van der Waals surface area contributed by atoms with Crippen LogP contribution in [0.15, 0.2) is 29.9 Å². The first-order valence-electron chi connectivity index (χ1n) is 6.02. The fourth-order valence-corrected chi connectivity index (χ4v) is 2.61. The average molecular weight is 249 g/mol. The summed E-state index contributed by atoms with van der Waals surface area (Å²) < 4.78 is 1.96. The minimum atomic E-state index is 0.326. The summed E-state index contributed by atoms with van der Waals surface area (Å²) in [5.41, 5.74) is 1.25.